The average molecular weight is 422 g/mol. The van der Waals surface area contributed by atoms with Crippen molar-refractivity contribution in [3.63, 3.8) is 0 Å². The predicted octanol–water partition coefficient (Wildman–Crippen LogP) is 4.70. The highest BCUT2D eigenvalue weighted by Crippen LogP contribution is 2.22. The molecule has 5 rings (SSSR count). The first-order valence-electron chi connectivity index (χ1n) is 10.6. The maximum Gasteiger partial charge on any atom is 0.291 e. The minimum atomic E-state index is -0.284. The Bertz CT molecular complexity index is 1380. The molecule has 5 aromatic rings. The number of aryl methyl sites for hydroxylation is 1. The van der Waals surface area contributed by atoms with Crippen molar-refractivity contribution in [2.75, 3.05) is 6.54 Å². The first kappa shape index (κ1) is 19.8. The number of amides is 1. The minimum absolute atomic E-state index is 0.157. The molecular formula is C26H23N5O. The van der Waals surface area contributed by atoms with Crippen LogP contribution in [0.15, 0.2) is 85.1 Å². The largest absolute Gasteiger partial charge is 0.361 e. The van der Waals surface area contributed by atoms with Crippen molar-refractivity contribution in [3.05, 3.63) is 102 Å². The number of H-pyrrole nitrogens is 1. The van der Waals surface area contributed by atoms with Gasteiger partial charge in [-0.1, -0.05) is 60.7 Å². The number of para-hydroxylation sites is 1. The Balaban J connectivity index is 1.38. The molecule has 0 atom stereocenters. The number of carbonyl (C=O) groups excluding carboxylic acids is 1. The number of fused-ring (bicyclic) bond motifs is 1. The minimum Gasteiger partial charge on any atom is -0.361 e. The van der Waals surface area contributed by atoms with Crippen molar-refractivity contribution in [2.24, 2.45) is 0 Å². The van der Waals surface area contributed by atoms with E-state index in [1.54, 1.807) is 4.68 Å². The molecule has 2 heterocycles. The summed E-state index contributed by atoms with van der Waals surface area (Å²) in [4.78, 5) is 20.7. The molecule has 0 saturated carbocycles. The van der Waals surface area contributed by atoms with Crippen LogP contribution in [0.2, 0.25) is 0 Å². The van der Waals surface area contributed by atoms with Crippen molar-refractivity contribution < 1.29 is 4.79 Å². The Hall–Kier alpha value is -4.19. The van der Waals surface area contributed by atoms with Crippen LogP contribution < -0.4 is 5.32 Å². The maximum absolute atomic E-state index is 12.9. The highest BCUT2D eigenvalue weighted by molar-refractivity contribution is 5.91. The van der Waals surface area contributed by atoms with Gasteiger partial charge in [-0.15, -0.1) is 5.10 Å². The number of aromatic nitrogens is 4. The van der Waals surface area contributed by atoms with E-state index in [2.05, 4.69) is 26.4 Å². The molecule has 3 aromatic carbocycles. The summed E-state index contributed by atoms with van der Waals surface area (Å²) in [5.41, 5.74) is 5.15. The standard InChI is InChI=1S/C26H23N5O/c1-18-8-7-11-21(16-18)31-25(19-9-3-2-4-10-19)29-24(30-31)26(32)27-15-14-20-17-28-23-13-6-5-12-22(20)23/h2-13,16-17,28H,14-15H2,1H3,(H,27,32). The Labute approximate surface area is 185 Å². The van der Waals surface area contributed by atoms with Crippen molar-refractivity contribution in [1.82, 2.24) is 25.1 Å². The van der Waals surface area contributed by atoms with E-state index in [4.69, 9.17) is 0 Å². The van der Waals surface area contributed by atoms with Crippen molar-refractivity contribution in [2.45, 2.75) is 13.3 Å². The second-order valence-electron chi connectivity index (χ2n) is 7.74. The summed E-state index contributed by atoms with van der Waals surface area (Å²) in [5.74, 6) is 0.510. The first-order valence-corrected chi connectivity index (χ1v) is 10.6. The van der Waals surface area contributed by atoms with E-state index in [1.807, 2.05) is 85.9 Å². The van der Waals surface area contributed by atoms with Crippen molar-refractivity contribution in [1.29, 1.82) is 0 Å². The number of hydrogen-bond acceptors (Lipinski definition) is 3. The van der Waals surface area contributed by atoms with Gasteiger partial charge < -0.3 is 10.3 Å². The van der Waals surface area contributed by atoms with E-state index in [0.29, 0.717) is 12.4 Å². The molecule has 0 spiro atoms. The molecule has 0 radical (unpaired) electrons. The van der Waals surface area contributed by atoms with Crippen LogP contribution in [0, 0.1) is 6.92 Å². The van der Waals surface area contributed by atoms with Gasteiger partial charge >= 0.3 is 0 Å². The first-order chi connectivity index (χ1) is 15.7. The summed E-state index contributed by atoms with van der Waals surface area (Å²) in [6, 6.07) is 25.9. The molecule has 0 bridgehead atoms. The third-order valence-electron chi connectivity index (χ3n) is 5.44. The van der Waals surface area contributed by atoms with Gasteiger partial charge in [-0.3, -0.25) is 4.79 Å². The predicted molar refractivity (Wildman–Crippen MR) is 126 cm³/mol. The summed E-state index contributed by atoms with van der Waals surface area (Å²) in [6.07, 6.45) is 2.72. The van der Waals surface area contributed by atoms with Gasteiger partial charge in [-0.2, -0.15) is 0 Å². The molecule has 2 N–H and O–H groups in total. The van der Waals surface area contributed by atoms with E-state index in [9.17, 15) is 4.79 Å². The summed E-state index contributed by atoms with van der Waals surface area (Å²) in [5, 5.41) is 8.69. The van der Waals surface area contributed by atoms with Crippen molar-refractivity contribution >= 4 is 16.8 Å². The third kappa shape index (κ3) is 3.90. The summed E-state index contributed by atoms with van der Waals surface area (Å²) in [6.45, 7) is 2.53. The zero-order chi connectivity index (χ0) is 21.9. The average Bonchev–Trinajstić information content (AvgIpc) is 3.45. The van der Waals surface area contributed by atoms with Crippen LogP contribution in [0.5, 0.6) is 0 Å². The Morgan fingerprint density at radius 3 is 2.66 bits per heavy atom. The normalized spacial score (nSPS) is 11.0. The molecule has 0 saturated heterocycles. The maximum atomic E-state index is 12.9. The highest BCUT2D eigenvalue weighted by atomic mass is 16.2. The number of hydrogen-bond donors (Lipinski definition) is 2. The van der Waals surface area contributed by atoms with Gasteiger partial charge in [0.2, 0.25) is 5.82 Å². The lowest BCUT2D eigenvalue weighted by Gasteiger charge is -2.06. The molecule has 1 amide bonds. The zero-order valence-corrected chi connectivity index (χ0v) is 17.7. The molecule has 0 aliphatic carbocycles. The van der Waals surface area contributed by atoms with E-state index in [-0.39, 0.29) is 11.7 Å². The van der Waals surface area contributed by atoms with Gasteiger partial charge in [0.05, 0.1) is 5.69 Å². The highest BCUT2D eigenvalue weighted by Gasteiger charge is 2.18. The van der Waals surface area contributed by atoms with Gasteiger partial charge in [0.1, 0.15) is 0 Å². The van der Waals surface area contributed by atoms with Gasteiger partial charge in [0.15, 0.2) is 5.82 Å². The quantitative estimate of drug-likeness (QED) is 0.417. The van der Waals surface area contributed by atoms with Gasteiger partial charge in [-0.05, 0) is 42.7 Å². The van der Waals surface area contributed by atoms with Gasteiger partial charge in [0, 0.05) is 29.2 Å². The monoisotopic (exact) mass is 421 g/mol. The third-order valence-corrected chi connectivity index (χ3v) is 5.44. The molecule has 0 fully saturated rings. The number of carbonyl (C=O) groups is 1. The van der Waals surface area contributed by atoms with Crippen LogP contribution in [0.3, 0.4) is 0 Å². The number of aromatic amines is 1. The molecule has 6 nitrogen and oxygen atoms in total. The summed E-state index contributed by atoms with van der Waals surface area (Å²) in [7, 11) is 0. The number of rotatable bonds is 6. The SMILES string of the molecule is Cc1cccc(-n2nc(C(=O)NCCc3c[nH]c4ccccc34)nc2-c2ccccc2)c1. The van der Waals surface area contributed by atoms with E-state index in [0.717, 1.165) is 28.8 Å². The van der Waals surface area contributed by atoms with Gasteiger partial charge in [-0.25, -0.2) is 9.67 Å². The fraction of sp³-hybridized carbons (Fsp3) is 0.115. The Morgan fingerprint density at radius 1 is 1.00 bits per heavy atom. The zero-order valence-electron chi connectivity index (χ0n) is 17.7. The molecule has 2 aromatic heterocycles. The molecular weight excluding hydrogens is 398 g/mol. The van der Waals surface area contributed by atoms with Crippen LogP contribution >= 0.6 is 0 Å². The van der Waals surface area contributed by atoms with E-state index < -0.39 is 0 Å². The lowest BCUT2D eigenvalue weighted by Crippen LogP contribution is -2.26. The van der Waals surface area contributed by atoms with Crippen LogP contribution in [0.4, 0.5) is 0 Å². The van der Waals surface area contributed by atoms with Crippen LogP contribution in [-0.2, 0) is 6.42 Å². The molecule has 0 aliphatic heterocycles. The summed E-state index contributed by atoms with van der Waals surface area (Å²) >= 11 is 0. The number of benzene rings is 3. The van der Waals surface area contributed by atoms with E-state index >= 15 is 0 Å². The molecule has 0 unspecified atom stereocenters. The van der Waals surface area contributed by atoms with Crippen LogP contribution in [0.1, 0.15) is 21.7 Å². The molecule has 0 aliphatic rings. The lowest BCUT2D eigenvalue weighted by molar-refractivity contribution is 0.0944. The van der Waals surface area contributed by atoms with Crippen LogP contribution in [-0.4, -0.2) is 32.2 Å². The van der Waals surface area contributed by atoms with Gasteiger partial charge in [0.25, 0.3) is 5.91 Å². The summed E-state index contributed by atoms with van der Waals surface area (Å²) < 4.78 is 1.73. The molecule has 158 valence electrons. The Morgan fingerprint density at radius 2 is 1.81 bits per heavy atom. The second-order valence-corrected chi connectivity index (χ2v) is 7.74. The Kier molecular flexibility index (Phi) is 5.25. The second kappa shape index (κ2) is 8.51. The molecule has 32 heavy (non-hydrogen) atoms. The molecule has 6 heteroatoms. The fourth-order valence-corrected chi connectivity index (χ4v) is 3.85. The van der Waals surface area contributed by atoms with E-state index in [1.165, 1.54) is 10.9 Å². The number of nitrogens with one attached hydrogen (secondary N) is 2. The smallest absolute Gasteiger partial charge is 0.291 e. The number of nitrogens with zero attached hydrogens (tertiary/aromatic N) is 3. The fourth-order valence-electron chi connectivity index (χ4n) is 3.85. The topological polar surface area (TPSA) is 75.6 Å². The lowest BCUT2D eigenvalue weighted by atomic mass is 10.1. The van der Waals surface area contributed by atoms with Crippen LogP contribution in [0.25, 0.3) is 28.0 Å². The van der Waals surface area contributed by atoms with Crippen molar-refractivity contribution in [3.8, 4) is 17.1 Å².